The number of para-hydroxylation sites is 1. The Labute approximate surface area is 360 Å². The summed E-state index contributed by atoms with van der Waals surface area (Å²) in [6, 6.07) is 85.6. The molecule has 0 saturated carbocycles. The third-order valence-corrected chi connectivity index (χ3v) is 12.4. The summed E-state index contributed by atoms with van der Waals surface area (Å²) in [4.78, 5) is 2.38. The van der Waals surface area contributed by atoms with Crippen LogP contribution in [0.15, 0.2) is 241 Å². The molecule has 0 saturated heterocycles. The van der Waals surface area contributed by atoms with Crippen LogP contribution in [0.5, 0.6) is 0 Å². The van der Waals surface area contributed by atoms with Crippen LogP contribution in [0.2, 0.25) is 0 Å². The van der Waals surface area contributed by atoms with Crippen LogP contribution in [0, 0.1) is 0 Å². The van der Waals surface area contributed by atoms with E-state index in [2.05, 4.69) is 229 Å². The Morgan fingerprint density at radius 2 is 0.758 bits per heavy atom. The minimum atomic E-state index is 0.898. The van der Waals surface area contributed by atoms with E-state index >= 15 is 0 Å². The third kappa shape index (κ3) is 6.29. The average molecular weight is 790 g/mol. The van der Waals surface area contributed by atoms with E-state index in [1.54, 1.807) is 0 Å². The van der Waals surface area contributed by atoms with Crippen LogP contribution in [0.25, 0.3) is 98.8 Å². The number of furan rings is 1. The predicted octanol–water partition coefficient (Wildman–Crippen LogP) is 17.2. The second-order valence-electron chi connectivity index (χ2n) is 16.1. The van der Waals surface area contributed by atoms with E-state index < -0.39 is 0 Å². The fraction of sp³-hybridized carbons (Fsp3) is 0. The normalized spacial score (nSPS) is 11.5. The number of fused-ring (bicyclic) bond motifs is 7. The van der Waals surface area contributed by atoms with Gasteiger partial charge in [-0.2, -0.15) is 0 Å². The molecule has 1 aromatic heterocycles. The molecular weight excluding hydrogens is 751 g/mol. The molecule has 12 aromatic rings. The van der Waals surface area contributed by atoms with E-state index in [1.165, 1.54) is 54.6 Å². The van der Waals surface area contributed by atoms with Gasteiger partial charge in [0.2, 0.25) is 0 Å². The molecule has 1 heterocycles. The van der Waals surface area contributed by atoms with Crippen LogP contribution < -0.4 is 4.90 Å². The van der Waals surface area contributed by atoms with Crippen molar-refractivity contribution >= 4 is 71.3 Å². The smallest absolute Gasteiger partial charge is 0.136 e. The van der Waals surface area contributed by atoms with Gasteiger partial charge in [-0.05, 0) is 137 Å². The molecular formula is C60H39NO. The standard InChI is InChI=1S/C60H39NO/c1-2-12-46-36-49(30-26-40(46)10-1)42-24-22-41(23-25-42)47-13-7-15-52(37-47)61(51-34-32-44(33-35-51)55-19-9-21-59-60(55)56-18-5-6-20-58(56)62-59)53-16-8-14-48(38-53)50-31-29-45-28-27-43-11-3-4-17-54(43)57(45)39-50/h1-39H. The van der Waals surface area contributed by atoms with Crippen molar-refractivity contribution in [1.82, 2.24) is 0 Å². The molecule has 0 atom stereocenters. The summed E-state index contributed by atoms with van der Waals surface area (Å²) in [5.74, 6) is 0. The van der Waals surface area contributed by atoms with Gasteiger partial charge in [-0.15, -0.1) is 0 Å². The van der Waals surface area contributed by atoms with Crippen molar-refractivity contribution in [2.45, 2.75) is 0 Å². The third-order valence-electron chi connectivity index (χ3n) is 12.4. The number of hydrogen-bond acceptors (Lipinski definition) is 2. The summed E-state index contributed by atoms with van der Waals surface area (Å²) in [7, 11) is 0. The van der Waals surface area contributed by atoms with Crippen LogP contribution in [-0.2, 0) is 0 Å². The van der Waals surface area contributed by atoms with Gasteiger partial charge >= 0.3 is 0 Å². The van der Waals surface area contributed by atoms with E-state index in [9.17, 15) is 0 Å². The van der Waals surface area contributed by atoms with Gasteiger partial charge in [0, 0.05) is 27.8 Å². The highest BCUT2D eigenvalue weighted by Gasteiger charge is 2.17. The highest BCUT2D eigenvalue weighted by Crippen LogP contribution is 2.42. The van der Waals surface area contributed by atoms with Crippen molar-refractivity contribution in [2.24, 2.45) is 0 Å². The summed E-state index contributed by atoms with van der Waals surface area (Å²) in [6.07, 6.45) is 0. The molecule has 2 heteroatoms. The Balaban J connectivity index is 0.956. The Bertz CT molecular complexity index is 3630. The number of benzene rings is 11. The van der Waals surface area contributed by atoms with Crippen molar-refractivity contribution in [3.05, 3.63) is 237 Å². The van der Waals surface area contributed by atoms with Gasteiger partial charge in [0.05, 0.1) is 0 Å². The maximum atomic E-state index is 6.27. The van der Waals surface area contributed by atoms with Crippen LogP contribution in [-0.4, -0.2) is 0 Å². The van der Waals surface area contributed by atoms with Gasteiger partial charge in [0.15, 0.2) is 0 Å². The lowest BCUT2D eigenvalue weighted by molar-refractivity contribution is 0.669. The second kappa shape index (κ2) is 14.8. The topological polar surface area (TPSA) is 16.4 Å². The largest absolute Gasteiger partial charge is 0.456 e. The lowest BCUT2D eigenvalue weighted by Gasteiger charge is -2.27. The molecule has 0 spiro atoms. The molecule has 0 aliphatic rings. The van der Waals surface area contributed by atoms with Gasteiger partial charge < -0.3 is 9.32 Å². The molecule has 290 valence electrons. The predicted molar refractivity (Wildman–Crippen MR) is 263 cm³/mol. The number of nitrogens with zero attached hydrogens (tertiary/aromatic N) is 1. The molecule has 0 amide bonds. The molecule has 0 aliphatic heterocycles. The van der Waals surface area contributed by atoms with Crippen LogP contribution in [0.4, 0.5) is 17.1 Å². The Morgan fingerprint density at radius 3 is 1.50 bits per heavy atom. The van der Waals surface area contributed by atoms with E-state index in [4.69, 9.17) is 4.42 Å². The van der Waals surface area contributed by atoms with Crippen molar-refractivity contribution in [1.29, 1.82) is 0 Å². The maximum absolute atomic E-state index is 6.27. The lowest BCUT2D eigenvalue weighted by atomic mass is 9.96. The number of rotatable bonds is 7. The van der Waals surface area contributed by atoms with Gasteiger partial charge in [-0.1, -0.05) is 176 Å². The first-order valence-electron chi connectivity index (χ1n) is 21.2. The summed E-state index contributed by atoms with van der Waals surface area (Å²) in [5.41, 5.74) is 14.4. The fourth-order valence-electron chi connectivity index (χ4n) is 9.31. The van der Waals surface area contributed by atoms with Crippen LogP contribution >= 0.6 is 0 Å². The van der Waals surface area contributed by atoms with Crippen LogP contribution in [0.1, 0.15) is 0 Å². The highest BCUT2D eigenvalue weighted by atomic mass is 16.3. The second-order valence-corrected chi connectivity index (χ2v) is 16.1. The molecule has 2 nitrogen and oxygen atoms in total. The summed E-state index contributed by atoms with van der Waals surface area (Å²) in [5, 5.41) is 9.80. The highest BCUT2D eigenvalue weighted by molar-refractivity contribution is 6.12. The number of anilines is 3. The molecule has 0 unspecified atom stereocenters. The van der Waals surface area contributed by atoms with Crippen LogP contribution in [0.3, 0.4) is 0 Å². The minimum Gasteiger partial charge on any atom is -0.456 e. The van der Waals surface area contributed by atoms with Gasteiger partial charge in [-0.3, -0.25) is 0 Å². The summed E-state index contributed by atoms with van der Waals surface area (Å²) in [6.45, 7) is 0. The summed E-state index contributed by atoms with van der Waals surface area (Å²) < 4.78 is 6.27. The quantitative estimate of drug-likeness (QED) is 0.150. The van der Waals surface area contributed by atoms with Crippen molar-refractivity contribution in [3.63, 3.8) is 0 Å². The monoisotopic (exact) mass is 789 g/mol. The zero-order chi connectivity index (χ0) is 41.0. The molecule has 0 bridgehead atoms. The number of hydrogen-bond donors (Lipinski definition) is 0. The van der Waals surface area contributed by atoms with Crippen molar-refractivity contribution in [2.75, 3.05) is 4.90 Å². The van der Waals surface area contributed by atoms with Gasteiger partial charge in [0.25, 0.3) is 0 Å². The molecule has 0 aliphatic carbocycles. The average Bonchev–Trinajstić information content (AvgIpc) is 3.73. The first kappa shape index (κ1) is 35.7. The fourth-order valence-corrected chi connectivity index (χ4v) is 9.31. The first-order chi connectivity index (χ1) is 30.7. The van der Waals surface area contributed by atoms with E-state index in [1.807, 2.05) is 12.1 Å². The van der Waals surface area contributed by atoms with Gasteiger partial charge in [-0.25, -0.2) is 0 Å². The van der Waals surface area contributed by atoms with Gasteiger partial charge in [0.1, 0.15) is 11.2 Å². The Morgan fingerprint density at radius 1 is 0.258 bits per heavy atom. The summed E-state index contributed by atoms with van der Waals surface area (Å²) >= 11 is 0. The molecule has 11 aromatic carbocycles. The van der Waals surface area contributed by atoms with Crippen molar-refractivity contribution < 1.29 is 4.42 Å². The lowest BCUT2D eigenvalue weighted by Crippen LogP contribution is -2.10. The van der Waals surface area contributed by atoms with E-state index in [0.29, 0.717) is 0 Å². The zero-order valence-corrected chi connectivity index (χ0v) is 33.9. The Hall–Kier alpha value is -8.20. The minimum absolute atomic E-state index is 0.898. The Kier molecular flexibility index (Phi) is 8.53. The maximum Gasteiger partial charge on any atom is 0.136 e. The SMILES string of the molecule is c1cc(-c2ccc(-c3ccc4ccccc4c3)cc2)cc(N(c2ccc(-c3cccc4oc5ccccc5c34)cc2)c2cccc(-c3ccc4ccc5ccccc5c4c3)c2)c1. The zero-order valence-electron chi connectivity index (χ0n) is 33.9. The van der Waals surface area contributed by atoms with Crippen molar-refractivity contribution in [3.8, 4) is 44.5 Å². The molecule has 62 heavy (non-hydrogen) atoms. The van der Waals surface area contributed by atoms with E-state index in [-0.39, 0.29) is 0 Å². The van der Waals surface area contributed by atoms with E-state index in [0.717, 1.165) is 61.3 Å². The molecule has 0 fully saturated rings. The first-order valence-corrected chi connectivity index (χ1v) is 21.2. The molecule has 0 radical (unpaired) electrons. The molecule has 0 N–H and O–H groups in total. The molecule has 12 rings (SSSR count).